The zero-order chi connectivity index (χ0) is 16.4. The summed E-state index contributed by atoms with van der Waals surface area (Å²) in [7, 11) is 0. The zero-order valence-corrected chi connectivity index (χ0v) is 15.0. The highest BCUT2D eigenvalue weighted by atomic mass is 35.5. The van der Waals surface area contributed by atoms with Crippen molar-refractivity contribution in [3.8, 4) is 11.3 Å². The molecule has 134 valence electrons. The van der Waals surface area contributed by atoms with E-state index in [2.05, 4.69) is 10.5 Å². The quantitative estimate of drug-likeness (QED) is 0.887. The molecular formula is C19H24ClN3O2. The fourth-order valence-electron chi connectivity index (χ4n) is 3.22. The first-order valence-corrected chi connectivity index (χ1v) is 8.84. The summed E-state index contributed by atoms with van der Waals surface area (Å²) < 4.78 is 5.29. The van der Waals surface area contributed by atoms with Crippen LogP contribution in [0, 0.1) is 5.92 Å². The van der Waals surface area contributed by atoms with E-state index < -0.39 is 0 Å². The van der Waals surface area contributed by atoms with Crippen molar-refractivity contribution in [3.05, 3.63) is 42.2 Å². The first-order valence-electron chi connectivity index (χ1n) is 8.84. The molecule has 0 spiro atoms. The number of hydrogen-bond donors (Lipinski definition) is 1. The van der Waals surface area contributed by atoms with Gasteiger partial charge in [0.25, 0.3) is 5.91 Å². The summed E-state index contributed by atoms with van der Waals surface area (Å²) in [4.78, 5) is 14.5. The monoisotopic (exact) mass is 361 g/mol. The highest BCUT2D eigenvalue weighted by molar-refractivity contribution is 5.92. The topological polar surface area (TPSA) is 58.4 Å². The normalized spacial score (nSPS) is 18.0. The Morgan fingerprint density at radius 3 is 2.56 bits per heavy atom. The van der Waals surface area contributed by atoms with E-state index in [0.717, 1.165) is 44.0 Å². The maximum Gasteiger partial charge on any atom is 0.292 e. The Bertz CT molecular complexity index is 692. The summed E-state index contributed by atoms with van der Waals surface area (Å²) in [6, 6.07) is 12.1. The van der Waals surface area contributed by atoms with E-state index in [9.17, 15) is 4.79 Å². The first kappa shape index (κ1) is 18.0. The smallest absolute Gasteiger partial charge is 0.292 e. The number of rotatable bonds is 5. The average Bonchev–Trinajstić information content (AvgIpc) is 3.34. The average molecular weight is 362 g/mol. The second kappa shape index (κ2) is 8.02. The summed E-state index contributed by atoms with van der Waals surface area (Å²) in [6.45, 7) is 2.70. The van der Waals surface area contributed by atoms with Crippen LogP contribution in [0.5, 0.6) is 0 Å². The predicted octanol–water partition coefficient (Wildman–Crippen LogP) is 3.37. The molecule has 1 aliphatic carbocycles. The molecule has 1 amide bonds. The van der Waals surface area contributed by atoms with Crippen LogP contribution in [0.1, 0.15) is 36.2 Å². The highest BCUT2D eigenvalue weighted by Gasteiger charge is 2.27. The summed E-state index contributed by atoms with van der Waals surface area (Å²) in [5, 5.41) is 7.67. The molecule has 0 unspecified atom stereocenters. The number of carbonyl (C=O) groups excluding carboxylic acids is 1. The fourth-order valence-corrected chi connectivity index (χ4v) is 3.22. The Balaban J connectivity index is 0.00000182. The maximum atomic E-state index is 12.6. The molecule has 1 aromatic heterocycles. The van der Waals surface area contributed by atoms with Crippen molar-refractivity contribution in [1.82, 2.24) is 15.4 Å². The summed E-state index contributed by atoms with van der Waals surface area (Å²) in [6.07, 6.45) is 4.77. The van der Waals surface area contributed by atoms with Crippen LogP contribution in [0.25, 0.3) is 11.3 Å². The number of nitrogens with zero attached hydrogens (tertiary/aromatic N) is 2. The molecule has 2 aromatic rings. The summed E-state index contributed by atoms with van der Waals surface area (Å²) >= 11 is 0. The predicted molar refractivity (Wildman–Crippen MR) is 98.8 cm³/mol. The van der Waals surface area contributed by atoms with Gasteiger partial charge in [-0.05, 0) is 38.1 Å². The Labute approximate surface area is 154 Å². The molecule has 2 fully saturated rings. The number of benzene rings is 1. The van der Waals surface area contributed by atoms with Gasteiger partial charge in [0.1, 0.15) is 5.69 Å². The standard InChI is InChI=1S/C19H23N3O2.ClH/c23-19(18-12-17(21-24-18)15-4-2-1-3-5-15)22-10-8-16(9-11-22)20-13-14-6-7-14;/h1-5,12,14,16,20H,6-11,13H2;1H. The summed E-state index contributed by atoms with van der Waals surface area (Å²) in [5.74, 6) is 1.18. The number of aromatic nitrogens is 1. The number of hydrogen-bond acceptors (Lipinski definition) is 4. The van der Waals surface area contributed by atoms with Crippen molar-refractivity contribution in [2.75, 3.05) is 19.6 Å². The third-order valence-corrected chi connectivity index (χ3v) is 4.96. The Morgan fingerprint density at radius 2 is 1.88 bits per heavy atom. The molecule has 2 aliphatic rings. The van der Waals surface area contributed by atoms with Crippen molar-refractivity contribution in [2.24, 2.45) is 5.92 Å². The van der Waals surface area contributed by atoms with Crippen molar-refractivity contribution in [1.29, 1.82) is 0 Å². The van der Waals surface area contributed by atoms with Gasteiger partial charge in [-0.15, -0.1) is 12.4 Å². The third kappa shape index (κ3) is 4.41. The van der Waals surface area contributed by atoms with E-state index in [1.165, 1.54) is 12.8 Å². The third-order valence-electron chi connectivity index (χ3n) is 4.96. The SMILES string of the molecule is Cl.O=C(c1cc(-c2ccccc2)no1)N1CCC(NCC2CC2)CC1. The molecule has 1 N–H and O–H groups in total. The second-order valence-corrected chi connectivity index (χ2v) is 6.86. The molecule has 1 aliphatic heterocycles. The minimum absolute atomic E-state index is 0. The lowest BCUT2D eigenvalue weighted by molar-refractivity contribution is 0.0663. The van der Waals surface area contributed by atoms with E-state index in [4.69, 9.17) is 4.52 Å². The van der Waals surface area contributed by atoms with Gasteiger partial charge in [0.15, 0.2) is 0 Å². The molecule has 25 heavy (non-hydrogen) atoms. The Kier molecular flexibility index (Phi) is 5.76. The molecule has 0 bridgehead atoms. The van der Waals surface area contributed by atoms with Gasteiger partial charge in [0, 0.05) is 30.8 Å². The van der Waals surface area contributed by atoms with E-state index in [1.807, 2.05) is 35.2 Å². The van der Waals surface area contributed by atoms with Gasteiger partial charge in [-0.2, -0.15) is 0 Å². The van der Waals surface area contributed by atoms with Gasteiger partial charge in [0.05, 0.1) is 0 Å². The van der Waals surface area contributed by atoms with Crippen LogP contribution in [0.4, 0.5) is 0 Å². The number of likely N-dealkylation sites (tertiary alicyclic amines) is 1. The Morgan fingerprint density at radius 1 is 1.16 bits per heavy atom. The minimum atomic E-state index is -0.0506. The van der Waals surface area contributed by atoms with Gasteiger partial charge >= 0.3 is 0 Å². The van der Waals surface area contributed by atoms with Gasteiger partial charge < -0.3 is 14.7 Å². The number of amides is 1. The molecule has 4 rings (SSSR count). The van der Waals surface area contributed by atoms with Crippen LogP contribution in [0.15, 0.2) is 40.9 Å². The molecule has 6 heteroatoms. The molecule has 0 atom stereocenters. The molecule has 1 aromatic carbocycles. The van der Waals surface area contributed by atoms with E-state index in [-0.39, 0.29) is 18.3 Å². The number of nitrogens with one attached hydrogen (secondary N) is 1. The van der Waals surface area contributed by atoms with Gasteiger partial charge in [-0.3, -0.25) is 4.79 Å². The lowest BCUT2D eigenvalue weighted by Gasteiger charge is -2.31. The van der Waals surface area contributed by atoms with Crippen molar-refractivity contribution < 1.29 is 9.32 Å². The zero-order valence-electron chi connectivity index (χ0n) is 14.2. The largest absolute Gasteiger partial charge is 0.350 e. The van der Waals surface area contributed by atoms with E-state index in [1.54, 1.807) is 6.07 Å². The van der Waals surface area contributed by atoms with Gasteiger partial charge in [-0.25, -0.2) is 0 Å². The molecule has 5 nitrogen and oxygen atoms in total. The van der Waals surface area contributed by atoms with Crippen molar-refractivity contribution in [3.63, 3.8) is 0 Å². The lowest BCUT2D eigenvalue weighted by atomic mass is 10.0. The van der Waals surface area contributed by atoms with E-state index in [0.29, 0.717) is 17.5 Å². The van der Waals surface area contributed by atoms with Crippen LogP contribution < -0.4 is 5.32 Å². The van der Waals surface area contributed by atoms with Crippen LogP contribution in [0.2, 0.25) is 0 Å². The van der Waals surface area contributed by atoms with Gasteiger partial charge in [0.2, 0.25) is 5.76 Å². The van der Waals surface area contributed by atoms with Gasteiger partial charge in [-0.1, -0.05) is 35.5 Å². The molecule has 0 radical (unpaired) electrons. The van der Waals surface area contributed by atoms with Crippen LogP contribution in [-0.2, 0) is 0 Å². The number of halogens is 1. The Hall–Kier alpha value is -1.85. The number of piperidine rings is 1. The van der Waals surface area contributed by atoms with Crippen LogP contribution in [0.3, 0.4) is 0 Å². The lowest BCUT2D eigenvalue weighted by Crippen LogP contribution is -2.45. The van der Waals surface area contributed by atoms with Crippen molar-refractivity contribution in [2.45, 2.75) is 31.7 Å². The first-order chi connectivity index (χ1) is 11.8. The van der Waals surface area contributed by atoms with Crippen molar-refractivity contribution >= 4 is 18.3 Å². The highest BCUT2D eigenvalue weighted by Crippen LogP contribution is 2.28. The van der Waals surface area contributed by atoms with E-state index >= 15 is 0 Å². The van der Waals surface area contributed by atoms with Crippen LogP contribution in [-0.4, -0.2) is 41.6 Å². The minimum Gasteiger partial charge on any atom is -0.350 e. The fraction of sp³-hybridized carbons (Fsp3) is 0.474. The van der Waals surface area contributed by atoms with Crippen LogP contribution >= 0.6 is 12.4 Å². The number of carbonyl (C=O) groups is 1. The molecule has 2 heterocycles. The summed E-state index contributed by atoms with van der Waals surface area (Å²) in [5.41, 5.74) is 1.67. The molecule has 1 saturated heterocycles. The maximum absolute atomic E-state index is 12.6. The molecule has 1 saturated carbocycles. The second-order valence-electron chi connectivity index (χ2n) is 6.86. The molecular weight excluding hydrogens is 338 g/mol.